The predicted molar refractivity (Wildman–Crippen MR) is 74.4 cm³/mol. The maximum Gasteiger partial charge on any atom is 0.246 e. The zero-order valence-electron chi connectivity index (χ0n) is 11.5. The van der Waals surface area contributed by atoms with E-state index in [0.29, 0.717) is 11.8 Å². The molecule has 1 atom stereocenters. The van der Waals surface area contributed by atoms with E-state index in [0.717, 1.165) is 6.07 Å². The minimum atomic E-state index is -1.66. The summed E-state index contributed by atoms with van der Waals surface area (Å²) in [6, 6.07) is 6.11. The normalized spacial score (nSPS) is 11.9. The molecule has 0 aliphatic heterocycles. The van der Waals surface area contributed by atoms with Crippen LogP contribution in [0.1, 0.15) is 6.92 Å². The van der Waals surface area contributed by atoms with Gasteiger partial charge in [-0.2, -0.15) is 0 Å². The molecule has 7 heteroatoms. The van der Waals surface area contributed by atoms with Crippen molar-refractivity contribution in [1.82, 2.24) is 0 Å². The average Bonchev–Trinajstić information content (AvgIpc) is 2.50. The Morgan fingerprint density at radius 2 is 1.59 bits per heavy atom. The van der Waals surface area contributed by atoms with Gasteiger partial charge >= 0.3 is 0 Å². The van der Waals surface area contributed by atoms with Crippen LogP contribution in [-0.4, -0.2) is 11.9 Å². The van der Waals surface area contributed by atoms with E-state index in [1.54, 1.807) is 0 Å². The molecular formula is C15H12F4N2O. The van der Waals surface area contributed by atoms with Crippen LogP contribution in [0.2, 0.25) is 0 Å². The van der Waals surface area contributed by atoms with Gasteiger partial charge in [0.05, 0.1) is 5.69 Å². The van der Waals surface area contributed by atoms with Gasteiger partial charge in [-0.1, -0.05) is 0 Å². The van der Waals surface area contributed by atoms with Crippen LogP contribution >= 0.6 is 0 Å². The van der Waals surface area contributed by atoms with Gasteiger partial charge in [0.25, 0.3) is 0 Å². The Kier molecular flexibility index (Phi) is 4.65. The molecule has 0 spiro atoms. The zero-order chi connectivity index (χ0) is 16.3. The van der Waals surface area contributed by atoms with Gasteiger partial charge in [0.2, 0.25) is 5.91 Å². The fourth-order valence-corrected chi connectivity index (χ4v) is 1.73. The molecule has 2 N–H and O–H groups in total. The van der Waals surface area contributed by atoms with Crippen LogP contribution in [0.15, 0.2) is 36.4 Å². The summed E-state index contributed by atoms with van der Waals surface area (Å²) in [5.41, 5.74) is 0.0199. The van der Waals surface area contributed by atoms with Crippen molar-refractivity contribution < 1.29 is 22.4 Å². The SMILES string of the molecule is CC(Nc1ccc(F)cc1)C(=O)Nc1ccc(F)c(F)c1F. The Hall–Kier alpha value is -2.57. The molecule has 116 valence electrons. The topological polar surface area (TPSA) is 41.1 Å². The first kappa shape index (κ1) is 15.8. The van der Waals surface area contributed by atoms with Crippen molar-refractivity contribution in [2.45, 2.75) is 13.0 Å². The molecule has 0 saturated carbocycles. The minimum Gasteiger partial charge on any atom is -0.374 e. The summed E-state index contributed by atoms with van der Waals surface area (Å²) in [4.78, 5) is 11.9. The minimum absolute atomic E-state index is 0.425. The van der Waals surface area contributed by atoms with E-state index in [4.69, 9.17) is 0 Å². The molecule has 0 aliphatic carbocycles. The molecule has 2 aromatic rings. The molecule has 2 aromatic carbocycles. The Morgan fingerprint density at radius 1 is 0.955 bits per heavy atom. The first-order valence-corrected chi connectivity index (χ1v) is 6.35. The molecule has 22 heavy (non-hydrogen) atoms. The summed E-state index contributed by atoms with van der Waals surface area (Å²) in [7, 11) is 0. The summed E-state index contributed by atoms with van der Waals surface area (Å²) in [5.74, 6) is -5.55. The van der Waals surface area contributed by atoms with Gasteiger partial charge in [0.1, 0.15) is 11.9 Å². The summed E-state index contributed by atoms with van der Waals surface area (Å²) >= 11 is 0. The van der Waals surface area contributed by atoms with E-state index in [-0.39, 0.29) is 0 Å². The van der Waals surface area contributed by atoms with Crippen molar-refractivity contribution in [2.75, 3.05) is 10.6 Å². The van der Waals surface area contributed by atoms with Crippen molar-refractivity contribution in [1.29, 1.82) is 0 Å². The Bertz CT molecular complexity index is 689. The molecule has 0 aliphatic rings. The van der Waals surface area contributed by atoms with E-state index in [1.807, 2.05) is 0 Å². The van der Waals surface area contributed by atoms with Gasteiger partial charge < -0.3 is 10.6 Å². The third-order valence-electron chi connectivity index (χ3n) is 2.91. The number of amides is 1. The van der Waals surface area contributed by atoms with Gasteiger partial charge in [-0.25, -0.2) is 17.6 Å². The molecule has 0 aromatic heterocycles. The molecule has 1 amide bonds. The first-order valence-electron chi connectivity index (χ1n) is 6.35. The van der Waals surface area contributed by atoms with Crippen molar-refractivity contribution in [3.05, 3.63) is 59.7 Å². The highest BCUT2D eigenvalue weighted by Crippen LogP contribution is 2.20. The average molecular weight is 312 g/mol. The number of halogens is 4. The maximum absolute atomic E-state index is 13.5. The molecule has 0 radical (unpaired) electrons. The van der Waals surface area contributed by atoms with Crippen LogP contribution < -0.4 is 10.6 Å². The predicted octanol–water partition coefficient (Wildman–Crippen LogP) is 3.68. The Morgan fingerprint density at radius 3 is 2.23 bits per heavy atom. The summed E-state index contributed by atoms with van der Waals surface area (Å²) in [6.45, 7) is 1.48. The highest BCUT2D eigenvalue weighted by atomic mass is 19.2. The smallest absolute Gasteiger partial charge is 0.246 e. The number of carbonyl (C=O) groups is 1. The Balaban J connectivity index is 2.05. The molecule has 0 bridgehead atoms. The highest BCUT2D eigenvalue weighted by Gasteiger charge is 2.18. The Labute approximate surface area is 124 Å². The van der Waals surface area contributed by atoms with Crippen LogP contribution in [-0.2, 0) is 4.79 Å². The lowest BCUT2D eigenvalue weighted by Gasteiger charge is -2.15. The van der Waals surface area contributed by atoms with Gasteiger partial charge in [-0.15, -0.1) is 0 Å². The van der Waals surface area contributed by atoms with Gasteiger partial charge in [0.15, 0.2) is 17.5 Å². The van der Waals surface area contributed by atoms with Crippen LogP contribution in [0, 0.1) is 23.3 Å². The summed E-state index contributed by atoms with van der Waals surface area (Å²) in [5, 5.41) is 4.92. The molecule has 2 rings (SSSR count). The van der Waals surface area contributed by atoms with Crippen LogP contribution in [0.3, 0.4) is 0 Å². The maximum atomic E-state index is 13.5. The number of hydrogen-bond donors (Lipinski definition) is 2. The van der Waals surface area contributed by atoms with Gasteiger partial charge in [0, 0.05) is 5.69 Å². The lowest BCUT2D eigenvalue weighted by atomic mass is 10.2. The van der Waals surface area contributed by atoms with Crippen molar-refractivity contribution in [3.8, 4) is 0 Å². The van der Waals surface area contributed by atoms with Crippen molar-refractivity contribution in [2.24, 2.45) is 0 Å². The third kappa shape index (κ3) is 3.55. The summed E-state index contributed by atoms with van der Waals surface area (Å²) in [6.07, 6.45) is 0. The number of nitrogens with one attached hydrogen (secondary N) is 2. The van der Waals surface area contributed by atoms with Crippen LogP contribution in [0.5, 0.6) is 0 Å². The highest BCUT2D eigenvalue weighted by molar-refractivity contribution is 5.96. The van der Waals surface area contributed by atoms with Crippen molar-refractivity contribution in [3.63, 3.8) is 0 Å². The van der Waals surface area contributed by atoms with Crippen LogP contribution in [0.25, 0.3) is 0 Å². The van der Waals surface area contributed by atoms with Gasteiger partial charge in [-0.3, -0.25) is 4.79 Å². The molecule has 0 fully saturated rings. The summed E-state index contributed by atoms with van der Waals surface area (Å²) < 4.78 is 52.1. The molecular weight excluding hydrogens is 300 g/mol. The fourth-order valence-electron chi connectivity index (χ4n) is 1.73. The molecule has 0 saturated heterocycles. The van der Waals surface area contributed by atoms with E-state index in [9.17, 15) is 22.4 Å². The lowest BCUT2D eigenvalue weighted by molar-refractivity contribution is -0.116. The monoisotopic (exact) mass is 312 g/mol. The third-order valence-corrected chi connectivity index (χ3v) is 2.91. The number of anilines is 2. The number of hydrogen-bond acceptors (Lipinski definition) is 2. The van der Waals surface area contributed by atoms with E-state index >= 15 is 0 Å². The van der Waals surface area contributed by atoms with E-state index in [1.165, 1.54) is 31.2 Å². The standard InChI is InChI=1S/C15H12F4N2O/c1-8(20-10-4-2-9(16)3-5-10)15(22)21-12-7-6-11(17)13(18)14(12)19/h2-8,20H,1H3,(H,21,22). The van der Waals surface area contributed by atoms with E-state index < -0.39 is 40.9 Å². The zero-order valence-corrected chi connectivity index (χ0v) is 11.5. The molecule has 3 nitrogen and oxygen atoms in total. The number of carbonyl (C=O) groups excluding carboxylic acids is 1. The largest absolute Gasteiger partial charge is 0.374 e. The number of rotatable bonds is 4. The van der Waals surface area contributed by atoms with Gasteiger partial charge in [-0.05, 0) is 43.3 Å². The van der Waals surface area contributed by atoms with Crippen LogP contribution in [0.4, 0.5) is 28.9 Å². The quantitative estimate of drug-likeness (QED) is 0.668. The second-order valence-corrected chi connectivity index (χ2v) is 4.59. The molecule has 0 heterocycles. The molecule has 1 unspecified atom stereocenters. The van der Waals surface area contributed by atoms with E-state index in [2.05, 4.69) is 10.6 Å². The lowest BCUT2D eigenvalue weighted by Crippen LogP contribution is -2.32. The second-order valence-electron chi connectivity index (χ2n) is 4.59. The first-order chi connectivity index (χ1) is 10.4. The fraction of sp³-hybridized carbons (Fsp3) is 0.133. The van der Waals surface area contributed by atoms with Crippen molar-refractivity contribution >= 4 is 17.3 Å². The number of benzene rings is 2. The second kappa shape index (κ2) is 6.46.